The average molecular weight is 569 g/mol. The number of methoxy groups -OCH3 is 2. The molecule has 1 aliphatic carbocycles. The van der Waals surface area contributed by atoms with E-state index in [1.807, 2.05) is 42.5 Å². The molecule has 1 saturated heterocycles. The van der Waals surface area contributed by atoms with Crippen molar-refractivity contribution in [3.8, 4) is 11.5 Å². The highest BCUT2D eigenvalue weighted by atomic mass is 35.5. The molecule has 2 aliphatic heterocycles. The summed E-state index contributed by atoms with van der Waals surface area (Å²) < 4.78 is 16.6. The van der Waals surface area contributed by atoms with Gasteiger partial charge >= 0.3 is 0 Å². The van der Waals surface area contributed by atoms with Crippen molar-refractivity contribution in [2.45, 2.75) is 31.7 Å². The Hall–Kier alpha value is -3.14. The molecule has 40 heavy (non-hydrogen) atoms. The van der Waals surface area contributed by atoms with Gasteiger partial charge in [-0.05, 0) is 37.1 Å². The topological polar surface area (TPSA) is 83.9 Å². The molecule has 10 heteroatoms. The third-order valence-corrected chi connectivity index (χ3v) is 8.36. The number of carbonyl (C=O) groups excluding carboxylic acids is 2. The Morgan fingerprint density at radius 3 is 2.55 bits per heavy atom. The maximum atomic E-state index is 14.0. The molecule has 3 aliphatic rings. The molecule has 2 aromatic rings. The van der Waals surface area contributed by atoms with E-state index in [1.54, 1.807) is 19.1 Å². The number of rotatable bonds is 10. The van der Waals surface area contributed by atoms with Crippen LogP contribution in [-0.4, -0.2) is 92.5 Å². The zero-order chi connectivity index (χ0) is 28.1. The van der Waals surface area contributed by atoms with Gasteiger partial charge in [0.2, 0.25) is 5.91 Å². The van der Waals surface area contributed by atoms with Gasteiger partial charge in [0.25, 0.3) is 5.91 Å². The summed E-state index contributed by atoms with van der Waals surface area (Å²) in [6, 6.07) is 12.6. The number of hydrogen-bond donors (Lipinski definition) is 0. The highest BCUT2D eigenvalue weighted by molar-refractivity contribution is 6.34. The number of nitrogens with zero attached hydrogens (tertiary/aromatic N) is 4. The number of ether oxygens (including phenoxy) is 3. The van der Waals surface area contributed by atoms with Crippen LogP contribution in [0.1, 0.15) is 42.9 Å². The maximum Gasteiger partial charge on any atom is 0.262 e. The van der Waals surface area contributed by atoms with Gasteiger partial charge in [0, 0.05) is 54.7 Å². The van der Waals surface area contributed by atoms with Gasteiger partial charge in [-0.15, -0.1) is 0 Å². The van der Waals surface area contributed by atoms with E-state index in [9.17, 15) is 9.59 Å². The quantitative estimate of drug-likeness (QED) is 0.431. The first-order valence-electron chi connectivity index (χ1n) is 13.9. The largest absolute Gasteiger partial charge is 0.497 e. The molecule has 9 nitrogen and oxygen atoms in total. The van der Waals surface area contributed by atoms with Crippen LogP contribution in [0, 0.1) is 5.92 Å². The fourth-order valence-corrected chi connectivity index (χ4v) is 5.69. The van der Waals surface area contributed by atoms with Gasteiger partial charge in [-0.3, -0.25) is 14.5 Å². The first kappa shape index (κ1) is 28.4. The molecule has 0 radical (unpaired) electrons. The first-order chi connectivity index (χ1) is 19.5. The lowest BCUT2D eigenvalue weighted by molar-refractivity contribution is -0.145. The number of halogens is 1. The summed E-state index contributed by atoms with van der Waals surface area (Å²) in [7, 11) is 3.21. The molecule has 2 fully saturated rings. The fourth-order valence-electron chi connectivity index (χ4n) is 5.44. The molecule has 2 aromatic carbocycles. The van der Waals surface area contributed by atoms with E-state index in [0.717, 1.165) is 43.5 Å². The fraction of sp³-hybridized carbons (Fsp3) is 0.500. The van der Waals surface area contributed by atoms with Crippen molar-refractivity contribution in [3.63, 3.8) is 0 Å². The van der Waals surface area contributed by atoms with Crippen LogP contribution in [0.5, 0.6) is 11.5 Å². The summed E-state index contributed by atoms with van der Waals surface area (Å²) in [5, 5.41) is 6.88. The minimum absolute atomic E-state index is 0.00692. The standard InChI is InChI=1S/C30H37ClN4O5/c1-38-22-10-11-28(39-2)24(18-22)27-19-26(23-8-3-4-9-25(23)31)32-35(27)29(36)20-34(30(37)21-6-5-7-21)13-12-33-14-16-40-17-15-33/h3-4,8-11,18,21,27H,5-7,12-17,19-20H2,1-2H3/t27-/m1/s1. The lowest BCUT2D eigenvalue weighted by Crippen LogP contribution is -2.49. The summed E-state index contributed by atoms with van der Waals surface area (Å²) in [5.74, 6) is 1.09. The monoisotopic (exact) mass is 568 g/mol. The van der Waals surface area contributed by atoms with Crippen LogP contribution in [0.25, 0.3) is 0 Å². The maximum absolute atomic E-state index is 14.0. The van der Waals surface area contributed by atoms with E-state index in [0.29, 0.717) is 55.0 Å². The number of hydrogen-bond acceptors (Lipinski definition) is 7. The molecule has 1 saturated carbocycles. The predicted octanol–water partition coefficient (Wildman–Crippen LogP) is 4.00. The van der Waals surface area contributed by atoms with Crippen LogP contribution >= 0.6 is 11.6 Å². The Kier molecular flexibility index (Phi) is 9.24. The summed E-state index contributed by atoms with van der Waals surface area (Å²) in [6.45, 7) is 4.18. The molecular weight excluding hydrogens is 532 g/mol. The second-order valence-corrected chi connectivity index (χ2v) is 10.8. The van der Waals surface area contributed by atoms with E-state index >= 15 is 0 Å². The predicted molar refractivity (Wildman–Crippen MR) is 153 cm³/mol. The summed E-state index contributed by atoms with van der Waals surface area (Å²) >= 11 is 6.53. The van der Waals surface area contributed by atoms with Crippen LogP contribution in [0.3, 0.4) is 0 Å². The van der Waals surface area contributed by atoms with Gasteiger partial charge in [-0.25, -0.2) is 5.01 Å². The molecular formula is C30H37ClN4O5. The number of morpholine rings is 1. The molecule has 0 unspecified atom stereocenters. The Labute approximate surface area is 240 Å². The molecule has 1 atom stereocenters. The second kappa shape index (κ2) is 13.0. The molecule has 0 bridgehead atoms. The zero-order valence-electron chi connectivity index (χ0n) is 23.2. The third kappa shape index (κ3) is 6.27. The second-order valence-electron chi connectivity index (χ2n) is 10.4. The summed E-state index contributed by atoms with van der Waals surface area (Å²) in [6.07, 6.45) is 3.26. The van der Waals surface area contributed by atoms with Gasteiger partial charge in [0.05, 0.1) is 39.2 Å². The van der Waals surface area contributed by atoms with Crippen molar-refractivity contribution < 1.29 is 23.8 Å². The molecule has 2 heterocycles. The smallest absolute Gasteiger partial charge is 0.262 e. The minimum atomic E-state index is -0.441. The van der Waals surface area contributed by atoms with Crippen molar-refractivity contribution in [2.24, 2.45) is 11.0 Å². The van der Waals surface area contributed by atoms with Crippen molar-refractivity contribution in [1.82, 2.24) is 14.8 Å². The number of benzene rings is 2. The molecule has 0 spiro atoms. The Morgan fingerprint density at radius 2 is 1.88 bits per heavy atom. The van der Waals surface area contributed by atoms with Crippen LogP contribution in [-0.2, 0) is 14.3 Å². The first-order valence-corrected chi connectivity index (χ1v) is 14.3. The number of carbonyl (C=O) groups is 2. The minimum Gasteiger partial charge on any atom is -0.497 e. The zero-order valence-corrected chi connectivity index (χ0v) is 23.9. The van der Waals surface area contributed by atoms with Gasteiger partial charge in [-0.2, -0.15) is 5.10 Å². The van der Waals surface area contributed by atoms with E-state index in [-0.39, 0.29) is 24.3 Å². The van der Waals surface area contributed by atoms with Gasteiger partial charge in [-0.1, -0.05) is 36.2 Å². The lowest BCUT2D eigenvalue weighted by Gasteiger charge is -2.34. The van der Waals surface area contributed by atoms with Crippen LogP contribution in [0.2, 0.25) is 5.02 Å². The van der Waals surface area contributed by atoms with E-state index in [2.05, 4.69) is 4.90 Å². The molecule has 0 aromatic heterocycles. The van der Waals surface area contributed by atoms with Crippen molar-refractivity contribution in [1.29, 1.82) is 0 Å². The Morgan fingerprint density at radius 1 is 1.10 bits per heavy atom. The van der Waals surface area contributed by atoms with Crippen molar-refractivity contribution in [2.75, 3.05) is 60.2 Å². The highest BCUT2D eigenvalue weighted by Crippen LogP contribution is 2.40. The molecule has 2 amide bonds. The van der Waals surface area contributed by atoms with Gasteiger partial charge < -0.3 is 19.1 Å². The van der Waals surface area contributed by atoms with Gasteiger partial charge in [0.15, 0.2) is 0 Å². The number of amides is 2. The van der Waals surface area contributed by atoms with Crippen molar-refractivity contribution in [3.05, 3.63) is 58.6 Å². The highest BCUT2D eigenvalue weighted by Gasteiger charge is 2.38. The van der Waals surface area contributed by atoms with E-state index in [1.165, 1.54) is 5.01 Å². The SMILES string of the molecule is COc1ccc(OC)c([C@H]2CC(c3ccccc3Cl)=NN2C(=O)CN(CCN2CCOCC2)C(=O)C2CCC2)c1. The molecule has 214 valence electrons. The average Bonchev–Trinajstić information content (AvgIpc) is 3.40. The normalized spacial score (nSPS) is 19.6. The molecule has 0 N–H and O–H groups in total. The van der Waals surface area contributed by atoms with Crippen molar-refractivity contribution >= 4 is 29.1 Å². The Bertz CT molecular complexity index is 1240. The van der Waals surface area contributed by atoms with Gasteiger partial charge in [0.1, 0.15) is 18.0 Å². The van der Waals surface area contributed by atoms with Crippen LogP contribution < -0.4 is 9.47 Å². The third-order valence-electron chi connectivity index (χ3n) is 8.03. The number of hydrazone groups is 1. The van der Waals surface area contributed by atoms with Crippen LogP contribution in [0.4, 0.5) is 0 Å². The van der Waals surface area contributed by atoms with E-state index < -0.39 is 6.04 Å². The lowest BCUT2D eigenvalue weighted by atomic mass is 9.84. The molecule has 5 rings (SSSR count). The Balaban J connectivity index is 1.43. The summed E-state index contributed by atoms with van der Waals surface area (Å²) in [5.41, 5.74) is 2.27. The van der Waals surface area contributed by atoms with E-state index in [4.69, 9.17) is 30.9 Å². The summed E-state index contributed by atoms with van der Waals surface area (Å²) in [4.78, 5) is 31.5. The van der Waals surface area contributed by atoms with Crippen LogP contribution in [0.15, 0.2) is 47.6 Å².